The van der Waals surface area contributed by atoms with Crippen molar-refractivity contribution in [3.05, 3.63) is 71.8 Å². The van der Waals surface area contributed by atoms with Gasteiger partial charge in [0.25, 0.3) is 0 Å². The zero-order valence-electron chi connectivity index (χ0n) is 13.7. The summed E-state index contributed by atoms with van der Waals surface area (Å²) in [5.41, 5.74) is 1.39. The van der Waals surface area contributed by atoms with E-state index < -0.39 is 22.4 Å². The number of carbonyl (C=O) groups is 3. The molecule has 6 heteroatoms. The van der Waals surface area contributed by atoms with Crippen molar-refractivity contribution in [3.63, 3.8) is 0 Å². The van der Waals surface area contributed by atoms with E-state index in [-0.39, 0.29) is 12.3 Å². The van der Waals surface area contributed by atoms with E-state index in [4.69, 9.17) is 0 Å². The first-order valence-corrected chi connectivity index (χ1v) is 8.67. The van der Waals surface area contributed by atoms with Gasteiger partial charge in [0.05, 0.1) is 12.5 Å². The fourth-order valence-corrected chi connectivity index (χ4v) is 3.13. The van der Waals surface area contributed by atoms with Gasteiger partial charge in [-0.05, 0) is 18.1 Å². The Balaban J connectivity index is 1.94. The molecule has 0 aliphatic rings. The van der Waals surface area contributed by atoms with Crippen molar-refractivity contribution in [1.82, 2.24) is 5.32 Å². The van der Waals surface area contributed by atoms with Crippen LogP contribution in [0.3, 0.4) is 0 Å². The molecule has 0 saturated heterocycles. The summed E-state index contributed by atoms with van der Waals surface area (Å²) in [4.78, 5) is 35.8. The molecule has 0 spiro atoms. The SMILES string of the molecule is C[C@@H](NC(=O)Cc1ccccc1)C(=O)S[C@H](C(=O)O)c1ccccc1. The zero-order chi connectivity index (χ0) is 18.2. The lowest BCUT2D eigenvalue weighted by molar-refractivity contribution is -0.136. The lowest BCUT2D eigenvalue weighted by Crippen LogP contribution is -2.38. The van der Waals surface area contributed by atoms with Gasteiger partial charge >= 0.3 is 5.97 Å². The predicted octanol–water partition coefficient (Wildman–Crippen LogP) is 2.82. The fourth-order valence-electron chi connectivity index (χ4n) is 2.24. The van der Waals surface area contributed by atoms with Gasteiger partial charge in [-0.3, -0.25) is 14.4 Å². The molecule has 0 heterocycles. The van der Waals surface area contributed by atoms with E-state index >= 15 is 0 Å². The van der Waals surface area contributed by atoms with E-state index in [0.717, 1.165) is 5.56 Å². The monoisotopic (exact) mass is 357 g/mol. The van der Waals surface area contributed by atoms with Crippen LogP contribution in [-0.2, 0) is 20.8 Å². The molecular formula is C19H19NO4S. The lowest BCUT2D eigenvalue weighted by Gasteiger charge is -2.16. The molecule has 2 aromatic carbocycles. The number of thioether (sulfide) groups is 1. The second-order valence-corrected chi connectivity index (χ2v) is 6.63. The number of amides is 1. The molecule has 2 N–H and O–H groups in total. The molecule has 25 heavy (non-hydrogen) atoms. The number of carboxylic acids is 1. The fraction of sp³-hybridized carbons (Fsp3) is 0.211. The summed E-state index contributed by atoms with van der Waals surface area (Å²) in [5.74, 6) is -1.37. The normalized spacial score (nSPS) is 12.8. The lowest BCUT2D eigenvalue weighted by atomic mass is 10.1. The van der Waals surface area contributed by atoms with Gasteiger partial charge in [-0.25, -0.2) is 0 Å². The summed E-state index contributed by atoms with van der Waals surface area (Å²) in [7, 11) is 0. The number of hydrogen-bond acceptors (Lipinski definition) is 4. The molecule has 0 fully saturated rings. The first-order valence-electron chi connectivity index (χ1n) is 7.79. The largest absolute Gasteiger partial charge is 0.480 e. The molecule has 2 aromatic rings. The maximum absolute atomic E-state index is 12.3. The summed E-state index contributed by atoms with van der Waals surface area (Å²) in [6.45, 7) is 1.56. The van der Waals surface area contributed by atoms with Gasteiger partial charge < -0.3 is 10.4 Å². The number of carboxylic acid groups (broad SMARTS) is 1. The summed E-state index contributed by atoms with van der Waals surface area (Å²) in [6, 6.07) is 17.0. The van der Waals surface area contributed by atoms with Crippen LogP contribution in [0.2, 0.25) is 0 Å². The molecule has 0 aliphatic heterocycles. The molecule has 0 aromatic heterocycles. The van der Waals surface area contributed by atoms with Gasteiger partial charge in [0.2, 0.25) is 11.0 Å². The maximum atomic E-state index is 12.3. The third kappa shape index (κ3) is 5.76. The average molecular weight is 357 g/mol. The smallest absolute Gasteiger partial charge is 0.321 e. The Hall–Kier alpha value is -2.60. The quantitative estimate of drug-likeness (QED) is 0.796. The highest BCUT2D eigenvalue weighted by Gasteiger charge is 2.27. The standard InChI is InChI=1S/C19H19NO4S/c1-13(20-16(21)12-14-8-4-2-5-9-14)19(24)25-17(18(22)23)15-10-6-3-7-11-15/h2-11,13,17H,12H2,1H3,(H,20,21)(H,22,23)/t13-,17+/m1/s1. The van der Waals surface area contributed by atoms with E-state index in [0.29, 0.717) is 17.3 Å². The van der Waals surface area contributed by atoms with Crippen LogP contribution in [-0.4, -0.2) is 28.1 Å². The van der Waals surface area contributed by atoms with Crippen molar-refractivity contribution in [1.29, 1.82) is 0 Å². The van der Waals surface area contributed by atoms with Gasteiger partial charge in [0.15, 0.2) is 0 Å². The van der Waals surface area contributed by atoms with Crippen molar-refractivity contribution in [2.24, 2.45) is 0 Å². The molecule has 2 rings (SSSR count). The summed E-state index contributed by atoms with van der Waals surface area (Å²) in [6.07, 6.45) is 0.171. The highest BCUT2D eigenvalue weighted by Crippen LogP contribution is 2.30. The summed E-state index contributed by atoms with van der Waals surface area (Å²) in [5, 5.41) is 10.6. The molecule has 0 unspecified atom stereocenters. The van der Waals surface area contributed by atoms with Crippen LogP contribution in [0.15, 0.2) is 60.7 Å². The van der Waals surface area contributed by atoms with E-state index in [9.17, 15) is 19.5 Å². The van der Waals surface area contributed by atoms with E-state index in [2.05, 4.69) is 5.32 Å². The van der Waals surface area contributed by atoms with Crippen molar-refractivity contribution in [2.75, 3.05) is 0 Å². The third-order valence-corrected chi connectivity index (χ3v) is 4.79. The molecule has 1 amide bonds. The Morgan fingerprint density at radius 1 is 1.00 bits per heavy atom. The maximum Gasteiger partial charge on any atom is 0.321 e. The minimum Gasteiger partial charge on any atom is -0.480 e. The van der Waals surface area contributed by atoms with Crippen LogP contribution in [0, 0.1) is 0 Å². The number of benzene rings is 2. The van der Waals surface area contributed by atoms with Gasteiger partial charge in [-0.15, -0.1) is 0 Å². The van der Waals surface area contributed by atoms with Gasteiger partial charge in [0, 0.05) is 0 Å². The minimum atomic E-state index is -1.09. The molecule has 0 bridgehead atoms. The third-order valence-electron chi connectivity index (χ3n) is 3.50. The topological polar surface area (TPSA) is 83.5 Å². The summed E-state index contributed by atoms with van der Waals surface area (Å²) < 4.78 is 0. The van der Waals surface area contributed by atoms with Crippen LogP contribution in [0.1, 0.15) is 23.3 Å². The Labute approximate surface area is 150 Å². The first-order chi connectivity index (χ1) is 12.0. The number of nitrogens with one attached hydrogen (secondary N) is 1. The van der Waals surface area contributed by atoms with Crippen LogP contribution >= 0.6 is 11.8 Å². The Morgan fingerprint density at radius 3 is 2.12 bits per heavy atom. The number of rotatable bonds is 7. The van der Waals surface area contributed by atoms with E-state index in [1.54, 1.807) is 37.3 Å². The molecule has 2 atom stereocenters. The Morgan fingerprint density at radius 2 is 1.56 bits per heavy atom. The second-order valence-electron chi connectivity index (χ2n) is 5.52. The predicted molar refractivity (Wildman–Crippen MR) is 97.2 cm³/mol. The molecule has 130 valence electrons. The van der Waals surface area contributed by atoms with Crippen LogP contribution in [0.5, 0.6) is 0 Å². The van der Waals surface area contributed by atoms with Gasteiger partial charge in [-0.1, -0.05) is 72.4 Å². The molecule has 0 aliphatic carbocycles. The van der Waals surface area contributed by atoms with Crippen molar-refractivity contribution in [3.8, 4) is 0 Å². The number of hydrogen-bond donors (Lipinski definition) is 2. The number of carbonyl (C=O) groups excluding carboxylic acids is 2. The average Bonchev–Trinajstić information content (AvgIpc) is 2.60. The minimum absolute atomic E-state index is 0.171. The van der Waals surface area contributed by atoms with Crippen molar-refractivity contribution in [2.45, 2.75) is 24.6 Å². The van der Waals surface area contributed by atoms with Gasteiger partial charge in [0.1, 0.15) is 5.25 Å². The van der Waals surface area contributed by atoms with Crippen LogP contribution in [0.25, 0.3) is 0 Å². The highest BCUT2D eigenvalue weighted by molar-refractivity contribution is 8.14. The zero-order valence-corrected chi connectivity index (χ0v) is 14.5. The van der Waals surface area contributed by atoms with Crippen molar-refractivity contribution < 1.29 is 19.5 Å². The molecule has 5 nitrogen and oxygen atoms in total. The molecular weight excluding hydrogens is 338 g/mol. The first kappa shape index (κ1) is 18.7. The number of aliphatic carboxylic acids is 1. The highest BCUT2D eigenvalue weighted by atomic mass is 32.2. The second kappa shape index (κ2) is 9.03. The Bertz CT molecular complexity index is 734. The molecule has 0 radical (unpaired) electrons. The summed E-state index contributed by atoms with van der Waals surface area (Å²) >= 11 is 0.709. The van der Waals surface area contributed by atoms with Crippen molar-refractivity contribution >= 4 is 28.8 Å². The van der Waals surface area contributed by atoms with Gasteiger partial charge in [-0.2, -0.15) is 0 Å². The Kier molecular flexibility index (Phi) is 6.77. The molecule has 0 saturated carbocycles. The van der Waals surface area contributed by atoms with Crippen LogP contribution in [0.4, 0.5) is 0 Å². The van der Waals surface area contributed by atoms with E-state index in [1.807, 2.05) is 30.3 Å². The van der Waals surface area contributed by atoms with Crippen LogP contribution < -0.4 is 5.32 Å². The van der Waals surface area contributed by atoms with E-state index in [1.165, 1.54) is 0 Å².